The topological polar surface area (TPSA) is 99.4 Å². The number of benzene rings is 3. The van der Waals surface area contributed by atoms with Crippen LogP contribution in [-0.2, 0) is 7.05 Å². The molecule has 3 heterocycles. The molecule has 0 radical (unpaired) electrons. The number of carbonyl (C=O) groups excluding carboxylic acids is 1. The summed E-state index contributed by atoms with van der Waals surface area (Å²) >= 11 is 0. The molecular formula is C33H30FN5O4. The average molecular weight is 580 g/mol. The molecular weight excluding hydrogens is 549 g/mol. The molecule has 10 heteroatoms. The number of nitrogens with one attached hydrogen (secondary N) is 2. The maximum atomic E-state index is 15.2. The van der Waals surface area contributed by atoms with E-state index < -0.39 is 17.3 Å². The standard InChI is InChI=1S/C33H30FN5O4/c1-19-31(33(41)39(38(19)2)23-6-4-3-5-7-23)32(40)37-21-8-11-30(26(34)16-21)43-29-12-13-35-28-17-24(9-10-25(28)29)42-18-22-14-20-15-27(20)36-22/h3-13,16-17,20,22,27,36H,14-15,18H2,1-2H3,(H,37,40)/t20?,22-,27?/m0/s1. The van der Waals surface area contributed by atoms with Crippen LogP contribution < -0.4 is 25.7 Å². The van der Waals surface area contributed by atoms with E-state index in [1.54, 1.807) is 43.0 Å². The minimum absolute atomic E-state index is 0.0148. The van der Waals surface area contributed by atoms with Crippen molar-refractivity contribution in [1.29, 1.82) is 0 Å². The monoisotopic (exact) mass is 579 g/mol. The molecule has 1 saturated heterocycles. The van der Waals surface area contributed by atoms with Gasteiger partial charge in [-0.05, 0) is 68.1 Å². The number of pyridine rings is 1. The van der Waals surface area contributed by atoms with Gasteiger partial charge in [0.15, 0.2) is 11.6 Å². The zero-order chi connectivity index (χ0) is 29.7. The highest BCUT2D eigenvalue weighted by atomic mass is 19.1. The first kappa shape index (κ1) is 26.9. The quantitative estimate of drug-likeness (QED) is 0.257. The Morgan fingerprint density at radius 1 is 1.07 bits per heavy atom. The molecule has 1 aliphatic carbocycles. The van der Waals surface area contributed by atoms with Gasteiger partial charge in [0.2, 0.25) is 0 Å². The number of ether oxygens (including phenoxy) is 2. The number of para-hydroxylation sites is 1. The summed E-state index contributed by atoms with van der Waals surface area (Å²) in [7, 11) is 1.71. The molecule has 0 bridgehead atoms. The van der Waals surface area contributed by atoms with E-state index in [0.717, 1.165) is 24.2 Å². The lowest BCUT2D eigenvalue weighted by Crippen LogP contribution is -2.31. The van der Waals surface area contributed by atoms with Crippen molar-refractivity contribution >= 4 is 22.5 Å². The van der Waals surface area contributed by atoms with Crippen LogP contribution in [-0.4, -0.2) is 38.9 Å². The third-order valence-electron chi connectivity index (χ3n) is 8.28. The van der Waals surface area contributed by atoms with E-state index in [2.05, 4.69) is 15.6 Å². The van der Waals surface area contributed by atoms with Gasteiger partial charge in [0.25, 0.3) is 11.5 Å². The van der Waals surface area contributed by atoms with Gasteiger partial charge in [-0.25, -0.2) is 9.07 Å². The Bertz CT molecular complexity index is 1910. The Hall–Kier alpha value is -4.96. The Labute approximate surface area is 246 Å². The first-order valence-corrected chi connectivity index (χ1v) is 14.3. The van der Waals surface area contributed by atoms with E-state index in [9.17, 15) is 9.59 Å². The predicted molar refractivity (Wildman–Crippen MR) is 161 cm³/mol. The van der Waals surface area contributed by atoms with Crippen LogP contribution in [0.25, 0.3) is 16.6 Å². The highest BCUT2D eigenvalue weighted by Gasteiger charge is 2.45. The molecule has 1 aliphatic heterocycles. The predicted octanol–water partition coefficient (Wildman–Crippen LogP) is 5.35. The third-order valence-corrected chi connectivity index (χ3v) is 8.28. The highest BCUT2D eigenvalue weighted by molar-refractivity contribution is 6.05. The molecule has 0 spiro atoms. The van der Waals surface area contributed by atoms with Crippen LogP contribution in [0.15, 0.2) is 83.8 Å². The van der Waals surface area contributed by atoms with Crippen LogP contribution in [0.1, 0.15) is 28.9 Å². The number of amides is 1. The maximum absolute atomic E-state index is 15.2. The van der Waals surface area contributed by atoms with Crippen LogP contribution in [0, 0.1) is 18.7 Å². The van der Waals surface area contributed by atoms with Crippen LogP contribution in [0.4, 0.5) is 10.1 Å². The van der Waals surface area contributed by atoms with Crippen molar-refractivity contribution in [2.45, 2.75) is 31.8 Å². The number of halogens is 1. The van der Waals surface area contributed by atoms with E-state index in [1.807, 2.05) is 36.4 Å². The summed E-state index contributed by atoms with van der Waals surface area (Å²) in [5.74, 6) is 0.652. The lowest BCUT2D eigenvalue weighted by atomic mass is 10.2. The summed E-state index contributed by atoms with van der Waals surface area (Å²) in [5, 5.41) is 6.93. The van der Waals surface area contributed by atoms with Gasteiger partial charge in [-0.15, -0.1) is 0 Å². The minimum Gasteiger partial charge on any atom is -0.492 e. The minimum atomic E-state index is -0.670. The third kappa shape index (κ3) is 5.14. The molecule has 1 amide bonds. The SMILES string of the molecule is Cc1c(C(=O)Nc2ccc(Oc3ccnc4cc(OC[C@@H]5CC6CC6N5)ccc34)c(F)c2)c(=O)n(-c2ccccc2)n1C. The fourth-order valence-corrected chi connectivity index (χ4v) is 5.85. The number of hydrogen-bond donors (Lipinski definition) is 2. The normalized spacial score (nSPS) is 18.8. The zero-order valence-corrected chi connectivity index (χ0v) is 23.7. The Morgan fingerprint density at radius 2 is 1.91 bits per heavy atom. The van der Waals surface area contributed by atoms with Crippen molar-refractivity contribution in [3.8, 4) is 22.9 Å². The van der Waals surface area contributed by atoms with Gasteiger partial charge in [-0.2, -0.15) is 0 Å². The van der Waals surface area contributed by atoms with Crippen LogP contribution in [0.5, 0.6) is 17.2 Å². The van der Waals surface area contributed by atoms with E-state index in [0.29, 0.717) is 46.7 Å². The molecule has 2 unspecified atom stereocenters. The van der Waals surface area contributed by atoms with E-state index >= 15 is 4.39 Å². The molecule has 2 N–H and O–H groups in total. The fraction of sp³-hybridized carbons (Fsp3) is 0.242. The number of fused-ring (bicyclic) bond motifs is 2. The molecule has 3 atom stereocenters. The lowest BCUT2D eigenvalue weighted by molar-refractivity contribution is 0.102. The molecule has 43 heavy (non-hydrogen) atoms. The second-order valence-corrected chi connectivity index (χ2v) is 11.1. The Morgan fingerprint density at radius 3 is 2.67 bits per heavy atom. The van der Waals surface area contributed by atoms with Gasteiger partial charge in [0.05, 0.1) is 16.9 Å². The first-order valence-electron chi connectivity index (χ1n) is 14.3. The molecule has 5 aromatic rings. The Kier molecular flexibility index (Phi) is 6.70. The molecule has 9 nitrogen and oxygen atoms in total. The molecule has 2 fully saturated rings. The second-order valence-electron chi connectivity index (χ2n) is 11.1. The zero-order valence-electron chi connectivity index (χ0n) is 23.7. The van der Waals surface area contributed by atoms with Crippen LogP contribution in [0.3, 0.4) is 0 Å². The summed E-state index contributed by atoms with van der Waals surface area (Å²) in [5.41, 5.74) is 1.50. The number of nitrogens with zero attached hydrogens (tertiary/aromatic N) is 3. The first-order chi connectivity index (χ1) is 20.9. The van der Waals surface area contributed by atoms with Gasteiger partial charge < -0.3 is 20.1 Å². The maximum Gasteiger partial charge on any atom is 0.284 e. The van der Waals surface area contributed by atoms with Crippen molar-refractivity contribution in [2.75, 3.05) is 11.9 Å². The van der Waals surface area contributed by atoms with E-state index in [-0.39, 0.29) is 17.0 Å². The highest BCUT2D eigenvalue weighted by Crippen LogP contribution is 2.41. The van der Waals surface area contributed by atoms with Crippen molar-refractivity contribution in [3.63, 3.8) is 0 Å². The fourth-order valence-electron chi connectivity index (χ4n) is 5.85. The van der Waals surface area contributed by atoms with Gasteiger partial charge in [-0.3, -0.25) is 19.3 Å². The summed E-state index contributed by atoms with van der Waals surface area (Å²) in [6, 6.07) is 21.5. The smallest absolute Gasteiger partial charge is 0.284 e. The average Bonchev–Trinajstić information content (AvgIpc) is 3.54. The number of piperidine rings is 1. The molecule has 218 valence electrons. The number of hydrogen-bond acceptors (Lipinski definition) is 6. The number of aromatic nitrogens is 3. The van der Waals surface area contributed by atoms with E-state index in [1.165, 1.54) is 23.2 Å². The van der Waals surface area contributed by atoms with Gasteiger partial charge in [0, 0.05) is 48.5 Å². The summed E-state index contributed by atoms with van der Waals surface area (Å²) < 4.78 is 30.2. The molecule has 1 saturated carbocycles. The van der Waals surface area contributed by atoms with Crippen molar-refractivity contribution < 1.29 is 18.7 Å². The summed E-state index contributed by atoms with van der Waals surface area (Å²) in [6.07, 6.45) is 4.04. The van der Waals surface area contributed by atoms with Gasteiger partial charge >= 0.3 is 0 Å². The largest absolute Gasteiger partial charge is 0.492 e. The molecule has 7 rings (SSSR count). The number of carbonyl (C=O) groups is 1. The number of anilines is 1. The van der Waals surface area contributed by atoms with Crippen molar-refractivity contribution in [2.24, 2.45) is 13.0 Å². The van der Waals surface area contributed by atoms with Crippen molar-refractivity contribution in [3.05, 3.63) is 106 Å². The Balaban J connectivity index is 1.06. The molecule has 2 aromatic heterocycles. The molecule has 2 aliphatic rings. The summed E-state index contributed by atoms with van der Waals surface area (Å²) in [4.78, 5) is 30.8. The van der Waals surface area contributed by atoms with Gasteiger partial charge in [0.1, 0.15) is 23.7 Å². The summed E-state index contributed by atoms with van der Waals surface area (Å²) in [6.45, 7) is 2.30. The van der Waals surface area contributed by atoms with Crippen LogP contribution in [0.2, 0.25) is 0 Å². The van der Waals surface area contributed by atoms with E-state index in [4.69, 9.17) is 9.47 Å². The number of rotatable bonds is 8. The van der Waals surface area contributed by atoms with Crippen LogP contribution >= 0.6 is 0 Å². The molecule has 3 aromatic carbocycles. The van der Waals surface area contributed by atoms with Gasteiger partial charge in [-0.1, -0.05) is 18.2 Å². The second kappa shape index (κ2) is 10.7. The lowest BCUT2D eigenvalue weighted by Gasteiger charge is -2.15. The van der Waals surface area contributed by atoms with Crippen molar-refractivity contribution in [1.82, 2.24) is 19.7 Å².